The van der Waals surface area contributed by atoms with Gasteiger partial charge in [-0.25, -0.2) is 4.39 Å². The predicted octanol–water partition coefficient (Wildman–Crippen LogP) is 5.43. The zero-order valence-corrected chi connectivity index (χ0v) is 19.9. The molecule has 0 aliphatic rings. The first kappa shape index (κ1) is 23.9. The molecule has 6 nitrogen and oxygen atoms in total. The van der Waals surface area contributed by atoms with E-state index in [9.17, 15) is 9.18 Å². The SMILES string of the molecule is COCc1nnc(SCc2ccc(C(=O)NCc3ccc(F)cc3)cc2)n1-c1cccc(Cl)c1. The Balaban J connectivity index is 1.40. The molecule has 174 valence electrons. The Bertz CT molecular complexity index is 1260. The van der Waals surface area contributed by atoms with Gasteiger partial charge in [-0.05, 0) is 53.6 Å². The summed E-state index contributed by atoms with van der Waals surface area (Å²) in [6, 6.07) is 20.9. The average molecular weight is 497 g/mol. The Labute approximate surface area is 206 Å². The van der Waals surface area contributed by atoms with Crippen LogP contribution < -0.4 is 5.32 Å². The van der Waals surface area contributed by atoms with E-state index in [1.54, 1.807) is 31.4 Å². The minimum atomic E-state index is -0.302. The fourth-order valence-electron chi connectivity index (χ4n) is 3.28. The van der Waals surface area contributed by atoms with E-state index in [4.69, 9.17) is 16.3 Å². The summed E-state index contributed by atoms with van der Waals surface area (Å²) in [5, 5.41) is 12.8. The van der Waals surface area contributed by atoms with E-state index in [0.717, 1.165) is 22.0 Å². The topological polar surface area (TPSA) is 69.0 Å². The smallest absolute Gasteiger partial charge is 0.251 e. The molecule has 4 rings (SSSR count). The van der Waals surface area contributed by atoms with Gasteiger partial charge in [0.1, 0.15) is 12.4 Å². The van der Waals surface area contributed by atoms with E-state index in [1.807, 2.05) is 41.0 Å². The highest BCUT2D eigenvalue weighted by Gasteiger charge is 2.15. The maximum atomic E-state index is 13.0. The fraction of sp³-hybridized carbons (Fsp3) is 0.160. The summed E-state index contributed by atoms with van der Waals surface area (Å²) in [6.07, 6.45) is 0. The van der Waals surface area contributed by atoms with Gasteiger partial charge < -0.3 is 10.1 Å². The molecular weight excluding hydrogens is 475 g/mol. The van der Waals surface area contributed by atoms with Crippen molar-refractivity contribution in [3.63, 3.8) is 0 Å². The maximum Gasteiger partial charge on any atom is 0.251 e. The third-order valence-corrected chi connectivity index (χ3v) is 6.23. The van der Waals surface area contributed by atoms with Gasteiger partial charge in [-0.1, -0.05) is 53.7 Å². The lowest BCUT2D eigenvalue weighted by atomic mass is 10.1. The average Bonchev–Trinajstić information content (AvgIpc) is 3.25. The fourth-order valence-corrected chi connectivity index (χ4v) is 4.39. The van der Waals surface area contributed by atoms with Gasteiger partial charge in [0.25, 0.3) is 5.91 Å². The maximum absolute atomic E-state index is 13.0. The first-order chi connectivity index (χ1) is 16.5. The molecule has 3 aromatic carbocycles. The van der Waals surface area contributed by atoms with Crippen LogP contribution in [0.25, 0.3) is 5.69 Å². The molecule has 0 unspecified atom stereocenters. The Morgan fingerprint density at radius 2 is 1.79 bits per heavy atom. The molecule has 4 aromatic rings. The van der Waals surface area contributed by atoms with Crippen LogP contribution in [0.1, 0.15) is 27.3 Å². The number of carbonyl (C=O) groups is 1. The summed E-state index contributed by atoms with van der Waals surface area (Å²) in [7, 11) is 1.61. The first-order valence-corrected chi connectivity index (χ1v) is 11.8. The molecule has 1 aromatic heterocycles. The summed E-state index contributed by atoms with van der Waals surface area (Å²) in [5.74, 6) is 0.835. The van der Waals surface area contributed by atoms with Crippen molar-refractivity contribution in [2.24, 2.45) is 0 Å². The van der Waals surface area contributed by atoms with E-state index in [1.165, 1.54) is 23.9 Å². The van der Waals surface area contributed by atoms with Crippen LogP contribution in [0.5, 0.6) is 0 Å². The zero-order valence-electron chi connectivity index (χ0n) is 18.4. The van der Waals surface area contributed by atoms with Gasteiger partial charge in [-0.3, -0.25) is 9.36 Å². The van der Waals surface area contributed by atoms with Gasteiger partial charge in [0.2, 0.25) is 0 Å². The quantitative estimate of drug-likeness (QED) is 0.313. The molecule has 0 aliphatic heterocycles. The third kappa shape index (κ3) is 6.02. The number of ether oxygens (including phenoxy) is 1. The molecule has 1 amide bonds. The number of halogens is 2. The number of amides is 1. The summed E-state index contributed by atoms with van der Waals surface area (Å²) in [6.45, 7) is 0.654. The first-order valence-electron chi connectivity index (χ1n) is 10.5. The molecule has 1 heterocycles. The minimum absolute atomic E-state index is 0.187. The number of methoxy groups -OCH3 is 1. The Morgan fingerprint density at radius 1 is 1.06 bits per heavy atom. The molecule has 0 fully saturated rings. The molecular formula is C25H22ClFN4O2S. The molecule has 0 saturated heterocycles. The number of hydrogen-bond acceptors (Lipinski definition) is 5. The van der Waals surface area contributed by atoms with Crippen molar-refractivity contribution in [2.75, 3.05) is 7.11 Å². The van der Waals surface area contributed by atoms with E-state index < -0.39 is 0 Å². The molecule has 34 heavy (non-hydrogen) atoms. The number of hydrogen-bond donors (Lipinski definition) is 1. The second-order valence-electron chi connectivity index (χ2n) is 7.44. The molecule has 0 aliphatic carbocycles. The van der Waals surface area contributed by atoms with Crippen LogP contribution in [-0.4, -0.2) is 27.8 Å². The monoisotopic (exact) mass is 496 g/mol. The number of aromatic nitrogens is 3. The summed E-state index contributed by atoms with van der Waals surface area (Å²) >= 11 is 7.71. The summed E-state index contributed by atoms with van der Waals surface area (Å²) in [5.41, 5.74) is 3.29. The highest BCUT2D eigenvalue weighted by atomic mass is 35.5. The Morgan fingerprint density at radius 3 is 2.50 bits per heavy atom. The van der Waals surface area contributed by atoms with Crippen molar-refractivity contribution >= 4 is 29.3 Å². The largest absolute Gasteiger partial charge is 0.377 e. The highest BCUT2D eigenvalue weighted by molar-refractivity contribution is 7.98. The van der Waals surface area contributed by atoms with Gasteiger partial charge >= 0.3 is 0 Å². The van der Waals surface area contributed by atoms with Crippen molar-refractivity contribution in [1.29, 1.82) is 0 Å². The van der Waals surface area contributed by atoms with E-state index in [-0.39, 0.29) is 11.7 Å². The zero-order chi connectivity index (χ0) is 23.9. The number of nitrogens with one attached hydrogen (secondary N) is 1. The highest BCUT2D eigenvalue weighted by Crippen LogP contribution is 2.27. The molecule has 1 N–H and O–H groups in total. The molecule has 0 spiro atoms. The molecule has 0 saturated carbocycles. The van der Waals surface area contributed by atoms with Crippen molar-refractivity contribution < 1.29 is 13.9 Å². The molecule has 0 radical (unpaired) electrons. The lowest BCUT2D eigenvalue weighted by Gasteiger charge is -2.10. The lowest BCUT2D eigenvalue weighted by Crippen LogP contribution is -2.22. The number of carbonyl (C=O) groups excluding carboxylic acids is 1. The van der Waals surface area contributed by atoms with Crippen LogP contribution in [0.3, 0.4) is 0 Å². The van der Waals surface area contributed by atoms with Crippen LogP contribution in [0.15, 0.2) is 78.0 Å². The molecule has 0 atom stereocenters. The molecule has 0 bridgehead atoms. The van der Waals surface area contributed by atoms with Crippen LogP contribution in [0.2, 0.25) is 5.02 Å². The standard InChI is InChI=1S/C25H22ClFN4O2S/c1-33-15-23-29-30-25(31(23)22-4-2-3-20(26)13-22)34-16-18-5-9-19(10-6-18)24(32)28-14-17-7-11-21(27)12-8-17/h2-13H,14-16H2,1H3,(H,28,32). The van der Waals surface area contributed by atoms with Crippen LogP contribution in [0.4, 0.5) is 4.39 Å². The Hall–Kier alpha value is -3.20. The summed E-state index contributed by atoms with van der Waals surface area (Å²) in [4.78, 5) is 12.4. The van der Waals surface area contributed by atoms with E-state index in [2.05, 4.69) is 15.5 Å². The summed E-state index contributed by atoms with van der Waals surface area (Å²) < 4.78 is 20.2. The van der Waals surface area contributed by atoms with Gasteiger partial charge in [-0.15, -0.1) is 10.2 Å². The Kier molecular flexibility index (Phi) is 7.95. The van der Waals surface area contributed by atoms with Gasteiger partial charge in [0.15, 0.2) is 11.0 Å². The number of benzene rings is 3. The van der Waals surface area contributed by atoms with Gasteiger partial charge in [0.05, 0.1) is 5.69 Å². The number of rotatable bonds is 9. The lowest BCUT2D eigenvalue weighted by molar-refractivity contribution is 0.0951. The minimum Gasteiger partial charge on any atom is -0.377 e. The van der Waals surface area contributed by atoms with Crippen molar-refractivity contribution in [3.05, 3.63) is 106 Å². The molecule has 9 heteroatoms. The van der Waals surface area contributed by atoms with Crippen LogP contribution in [0, 0.1) is 5.82 Å². The van der Waals surface area contributed by atoms with Crippen LogP contribution in [-0.2, 0) is 23.6 Å². The van der Waals surface area contributed by atoms with Gasteiger partial charge in [0, 0.05) is 30.0 Å². The number of nitrogens with zero attached hydrogens (tertiary/aromatic N) is 3. The second kappa shape index (κ2) is 11.3. The third-order valence-electron chi connectivity index (χ3n) is 4.99. The predicted molar refractivity (Wildman–Crippen MR) is 131 cm³/mol. The second-order valence-corrected chi connectivity index (χ2v) is 8.82. The number of thioether (sulfide) groups is 1. The van der Waals surface area contributed by atoms with Gasteiger partial charge in [-0.2, -0.15) is 0 Å². The van der Waals surface area contributed by atoms with E-state index >= 15 is 0 Å². The van der Waals surface area contributed by atoms with Crippen molar-refractivity contribution in [3.8, 4) is 5.69 Å². The van der Waals surface area contributed by atoms with E-state index in [0.29, 0.717) is 35.3 Å². The van der Waals surface area contributed by atoms with Crippen molar-refractivity contribution in [2.45, 2.75) is 24.1 Å². The van der Waals surface area contributed by atoms with Crippen molar-refractivity contribution in [1.82, 2.24) is 20.1 Å². The normalized spacial score (nSPS) is 10.9. The van der Waals surface area contributed by atoms with Crippen LogP contribution >= 0.6 is 23.4 Å².